The van der Waals surface area contributed by atoms with Crippen molar-refractivity contribution in [2.24, 2.45) is 0 Å². The van der Waals surface area contributed by atoms with E-state index in [1.165, 1.54) is 10.5 Å². The van der Waals surface area contributed by atoms with E-state index in [0.717, 1.165) is 5.69 Å². The van der Waals surface area contributed by atoms with Crippen LogP contribution in [0, 0.1) is 0 Å². The van der Waals surface area contributed by atoms with E-state index in [9.17, 15) is 5.11 Å². The van der Waals surface area contributed by atoms with Gasteiger partial charge in [0.15, 0.2) is 5.75 Å². The summed E-state index contributed by atoms with van der Waals surface area (Å²) in [5.41, 5.74) is 1.95. The summed E-state index contributed by atoms with van der Waals surface area (Å²) in [5.74, 6) is -0.0872. The molecule has 0 fully saturated rings. The number of thioether (sulfide) groups is 1. The van der Waals surface area contributed by atoms with Crippen LogP contribution < -0.4 is 5.32 Å². The number of phenolic OH excluding ortho intramolecular Hbond substituents is 1. The highest BCUT2D eigenvalue weighted by Crippen LogP contribution is 2.35. The van der Waals surface area contributed by atoms with Crippen LogP contribution in [0.2, 0.25) is 10.0 Å². The summed E-state index contributed by atoms with van der Waals surface area (Å²) in [6, 6.07) is 11.8. The molecule has 106 valence electrons. The molecule has 0 aliphatic carbocycles. The average molecular weight is 328 g/mol. The van der Waals surface area contributed by atoms with Gasteiger partial charge >= 0.3 is 0 Å². The van der Waals surface area contributed by atoms with E-state index in [0.29, 0.717) is 0 Å². The van der Waals surface area contributed by atoms with E-state index >= 15 is 0 Å². The van der Waals surface area contributed by atoms with Crippen LogP contribution in [-0.4, -0.2) is 11.4 Å². The van der Waals surface area contributed by atoms with Crippen molar-refractivity contribution >= 4 is 40.7 Å². The third-order valence-corrected chi connectivity index (χ3v) is 4.34. The number of anilines is 1. The first kappa shape index (κ1) is 15.4. The van der Waals surface area contributed by atoms with Gasteiger partial charge in [-0.3, -0.25) is 0 Å². The number of halogens is 2. The van der Waals surface area contributed by atoms with Gasteiger partial charge in [-0.05, 0) is 43.0 Å². The van der Waals surface area contributed by atoms with E-state index in [-0.39, 0.29) is 21.8 Å². The number of rotatable bonds is 4. The Hall–Kier alpha value is -1.03. The van der Waals surface area contributed by atoms with Crippen LogP contribution >= 0.6 is 35.0 Å². The molecule has 5 heteroatoms. The topological polar surface area (TPSA) is 32.3 Å². The van der Waals surface area contributed by atoms with E-state index in [1.807, 2.05) is 0 Å². The van der Waals surface area contributed by atoms with Crippen molar-refractivity contribution in [1.29, 1.82) is 0 Å². The SMILES string of the molecule is CSc1ccc(C(C)Nc2cc(Cl)c(O)c(Cl)c2)cc1. The Bertz CT molecular complexity index is 578. The van der Waals surface area contributed by atoms with Gasteiger partial charge in [-0.1, -0.05) is 35.3 Å². The monoisotopic (exact) mass is 327 g/mol. The van der Waals surface area contributed by atoms with Crippen molar-refractivity contribution in [3.8, 4) is 5.75 Å². The molecule has 2 aromatic carbocycles. The zero-order chi connectivity index (χ0) is 14.7. The number of nitrogens with one attached hydrogen (secondary N) is 1. The lowest BCUT2D eigenvalue weighted by Crippen LogP contribution is -2.06. The Morgan fingerprint density at radius 1 is 1.10 bits per heavy atom. The molecular formula is C15H15Cl2NOS. The molecule has 0 saturated heterocycles. The summed E-state index contributed by atoms with van der Waals surface area (Å²) in [6.07, 6.45) is 2.05. The first-order valence-corrected chi connectivity index (χ1v) is 8.08. The van der Waals surface area contributed by atoms with Gasteiger partial charge in [-0.15, -0.1) is 11.8 Å². The molecule has 0 radical (unpaired) electrons. The molecule has 20 heavy (non-hydrogen) atoms. The van der Waals surface area contributed by atoms with Crippen molar-refractivity contribution in [3.05, 3.63) is 52.0 Å². The van der Waals surface area contributed by atoms with E-state index < -0.39 is 0 Å². The Morgan fingerprint density at radius 2 is 1.65 bits per heavy atom. The zero-order valence-electron chi connectivity index (χ0n) is 11.2. The van der Waals surface area contributed by atoms with Crippen LogP contribution in [0.15, 0.2) is 41.3 Å². The Labute approximate surface area is 133 Å². The molecule has 0 aliphatic rings. The third kappa shape index (κ3) is 3.54. The van der Waals surface area contributed by atoms with Crippen LogP contribution in [0.3, 0.4) is 0 Å². The highest BCUT2D eigenvalue weighted by atomic mass is 35.5. The second-order valence-corrected chi connectivity index (χ2v) is 6.12. The minimum absolute atomic E-state index is 0.0872. The number of benzene rings is 2. The fourth-order valence-corrected chi connectivity index (χ4v) is 2.77. The van der Waals surface area contributed by atoms with Gasteiger partial charge in [0, 0.05) is 16.6 Å². The summed E-state index contributed by atoms with van der Waals surface area (Å²) in [6.45, 7) is 2.06. The van der Waals surface area contributed by atoms with Gasteiger partial charge in [0.05, 0.1) is 10.0 Å². The molecule has 1 unspecified atom stereocenters. The highest BCUT2D eigenvalue weighted by Gasteiger charge is 2.10. The van der Waals surface area contributed by atoms with Crippen LogP contribution in [0.4, 0.5) is 5.69 Å². The minimum Gasteiger partial charge on any atom is -0.505 e. The van der Waals surface area contributed by atoms with Crippen molar-refractivity contribution in [3.63, 3.8) is 0 Å². The molecule has 0 aliphatic heterocycles. The van der Waals surface area contributed by atoms with E-state index in [4.69, 9.17) is 23.2 Å². The second-order valence-electron chi connectivity index (χ2n) is 4.43. The first-order chi connectivity index (χ1) is 9.51. The van der Waals surface area contributed by atoms with Crippen LogP contribution in [0.5, 0.6) is 5.75 Å². The maximum absolute atomic E-state index is 9.55. The Balaban J connectivity index is 2.16. The Morgan fingerprint density at radius 3 is 2.15 bits per heavy atom. The number of phenols is 1. The molecule has 2 aromatic rings. The summed E-state index contributed by atoms with van der Waals surface area (Å²) >= 11 is 13.5. The molecule has 2 N–H and O–H groups in total. The van der Waals surface area contributed by atoms with Crippen LogP contribution in [-0.2, 0) is 0 Å². The molecule has 0 heterocycles. The lowest BCUT2D eigenvalue weighted by molar-refractivity contribution is 0.476. The maximum atomic E-state index is 9.55. The molecule has 0 saturated carbocycles. The number of aromatic hydroxyl groups is 1. The first-order valence-electron chi connectivity index (χ1n) is 6.09. The quantitative estimate of drug-likeness (QED) is 0.566. The van der Waals surface area contributed by atoms with Crippen molar-refractivity contribution in [1.82, 2.24) is 0 Å². The van der Waals surface area contributed by atoms with Crippen molar-refractivity contribution in [2.45, 2.75) is 17.9 Å². The molecule has 0 spiro atoms. The summed E-state index contributed by atoms with van der Waals surface area (Å²) in [7, 11) is 0. The van der Waals surface area contributed by atoms with Gasteiger partial charge in [0.25, 0.3) is 0 Å². The zero-order valence-corrected chi connectivity index (χ0v) is 13.5. The lowest BCUT2D eigenvalue weighted by atomic mass is 10.1. The fourth-order valence-electron chi connectivity index (χ4n) is 1.87. The van der Waals surface area contributed by atoms with E-state index in [1.54, 1.807) is 23.9 Å². The molecule has 2 nitrogen and oxygen atoms in total. The van der Waals surface area contributed by atoms with Gasteiger partial charge in [0.2, 0.25) is 0 Å². The average Bonchev–Trinajstić information content (AvgIpc) is 2.44. The normalized spacial score (nSPS) is 12.2. The molecule has 2 rings (SSSR count). The third-order valence-electron chi connectivity index (χ3n) is 3.02. The molecule has 0 bridgehead atoms. The fraction of sp³-hybridized carbons (Fsp3) is 0.200. The number of hydrogen-bond donors (Lipinski definition) is 2. The molecule has 0 aromatic heterocycles. The molecule has 1 atom stereocenters. The summed E-state index contributed by atoms with van der Waals surface area (Å²) < 4.78 is 0. The maximum Gasteiger partial charge on any atom is 0.152 e. The lowest BCUT2D eigenvalue weighted by Gasteiger charge is -2.17. The van der Waals surface area contributed by atoms with Crippen LogP contribution in [0.25, 0.3) is 0 Å². The highest BCUT2D eigenvalue weighted by molar-refractivity contribution is 7.98. The van der Waals surface area contributed by atoms with Crippen molar-refractivity contribution < 1.29 is 5.11 Å². The predicted molar refractivity (Wildman–Crippen MR) is 88.4 cm³/mol. The van der Waals surface area contributed by atoms with Crippen LogP contribution in [0.1, 0.15) is 18.5 Å². The van der Waals surface area contributed by atoms with Crippen molar-refractivity contribution in [2.75, 3.05) is 11.6 Å². The summed E-state index contributed by atoms with van der Waals surface area (Å²) in [4.78, 5) is 1.23. The van der Waals surface area contributed by atoms with Gasteiger partial charge in [-0.2, -0.15) is 0 Å². The van der Waals surface area contributed by atoms with E-state index in [2.05, 4.69) is 42.8 Å². The molecular weight excluding hydrogens is 313 g/mol. The number of hydrogen-bond acceptors (Lipinski definition) is 3. The van der Waals surface area contributed by atoms with Gasteiger partial charge in [-0.25, -0.2) is 0 Å². The Kier molecular flexibility index (Phi) is 5.08. The smallest absolute Gasteiger partial charge is 0.152 e. The second kappa shape index (κ2) is 6.61. The minimum atomic E-state index is -0.0872. The van der Waals surface area contributed by atoms with Gasteiger partial charge in [0.1, 0.15) is 0 Å². The van der Waals surface area contributed by atoms with Gasteiger partial charge < -0.3 is 10.4 Å². The summed E-state index contributed by atoms with van der Waals surface area (Å²) in [5, 5.41) is 13.3. The largest absolute Gasteiger partial charge is 0.505 e. The predicted octanol–water partition coefficient (Wildman–Crippen LogP) is 5.59. The molecule has 0 amide bonds. The standard InChI is InChI=1S/C15H15Cl2NOS/c1-9(10-3-5-12(20-2)6-4-10)18-11-7-13(16)15(19)14(17)8-11/h3-9,18-19H,1-2H3.